The molecule has 4 aromatic rings. The summed E-state index contributed by atoms with van der Waals surface area (Å²) in [4.78, 5) is -0.148. The molecule has 2 atom stereocenters. The fourth-order valence-electron chi connectivity index (χ4n) is 5.41. The monoisotopic (exact) mass is 670 g/mol. The number of hydrogen-bond acceptors (Lipinski definition) is 8. The zero-order valence-electron chi connectivity index (χ0n) is 24.8. The van der Waals surface area contributed by atoms with Crippen LogP contribution in [0.5, 0.6) is 11.5 Å². The van der Waals surface area contributed by atoms with Crippen molar-refractivity contribution in [1.82, 2.24) is 8.61 Å². The number of sulfone groups is 1. The Labute approximate surface area is 264 Å². The second-order valence-electron chi connectivity index (χ2n) is 10.6. The third-order valence-electron chi connectivity index (χ3n) is 7.73. The molecule has 5 rings (SSSR count). The van der Waals surface area contributed by atoms with Crippen LogP contribution < -0.4 is 9.47 Å². The molecule has 238 valence electrons. The first-order valence-corrected chi connectivity index (χ1v) is 18.7. The average Bonchev–Trinajstić information content (AvgIpc) is 3.37. The molecule has 1 saturated heterocycles. The predicted molar refractivity (Wildman–Crippen MR) is 171 cm³/mol. The predicted octanol–water partition coefficient (Wildman–Crippen LogP) is 3.95. The molecule has 1 heterocycles. The second-order valence-corrected chi connectivity index (χ2v) is 16.6. The lowest BCUT2D eigenvalue weighted by Gasteiger charge is -2.36. The van der Waals surface area contributed by atoms with E-state index in [1.54, 1.807) is 60.7 Å². The molecule has 1 aliphatic heterocycles. The quantitative estimate of drug-likeness (QED) is 0.222. The van der Waals surface area contributed by atoms with Gasteiger partial charge in [-0.25, -0.2) is 25.3 Å². The van der Waals surface area contributed by atoms with Gasteiger partial charge in [-0.05, 0) is 59.7 Å². The maximum Gasteiger partial charge on any atom is 0.243 e. The van der Waals surface area contributed by atoms with Gasteiger partial charge in [0.1, 0.15) is 11.5 Å². The van der Waals surface area contributed by atoms with Crippen molar-refractivity contribution in [3.8, 4) is 11.5 Å². The van der Waals surface area contributed by atoms with Crippen LogP contribution in [0.4, 0.5) is 0 Å². The van der Waals surface area contributed by atoms with Gasteiger partial charge in [-0.3, -0.25) is 0 Å². The van der Waals surface area contributed by atoms with E-state index in [1.807, 2.05) is 0 Å². The van der Waals surface area contributed by atoms with Crippen molar-refractivity contribution in [2.24, 2.45) is 0 Å². The molecule has 10 nitrogen and oxygen atoms in total. The molecule has 45 heavy (non-hydrogen) atoms. The van der Waals surface area contributed by atoms with Gasteiger partial charge in [0, 0.05) is 13.1 Å². The Morgan fingerprint density at radius 1 is 0.578 bits per heavy atom. The van der Waals surface area contributed by atoms with Crippen LogP contribution >= 0.6 is 0 Å². The van der Waals surface area contributed by atoms with E-state index in [0.717, 1.165) is 8.61 Å². The Hall–Kier alpha value is -3.75. The van der Waals surface area contributed by atoms with Gasteiger partial charge in [0.2, 0.25) is 20.0 Å². The Bertz CT molecular complexity index is 1780. The van der Waals surface area contributed by atoms with Crippen molar-refractivity contribution in [2.75, 3.05) is 25.7 Å². The SMILES string of the molecule is COc1ccc(S(=O)(=O)N(Cc2ccccc2)[C@@H]2CS(=O)(=O)C[C@H]2N(Cc2ccccc2)S(=O)(=O)c2ccc(OC)cc2)cc1. The van der Waals surface area contributed by atoms with E-state index < -0.39 is 53.5 Å². The van der Waals surface area contributed by atoms with Crippen LogP contribution in [-0.4, -0.2) is 71.7 Å². The Morgan fingerprint density at radius 2 is 0.911 bits per heavy atom. The fraction of sp³-hybridized carbons (Fsp3) is 0.250. The van der Waals surface area contributed by atoms with Gasteiger partial charge in [-0.15, -0.1) is 0 Å². The summed E-state index contributed by atoms with van der Waals surface area (Å²) >= 11 is 0. The van der Waals surface area contributed by atoms with E-state index in [4.69, 9.17) is 9.47 Å². The molecule has 1 fully saturated rings. The summed E-state index contributed by atoms with van der Waals surface area (Å²) in [7, 11) is -9.64. The van der Waals surface area contributed by atoms with E-state index in [-0.39, 0.29) is 22.9 Å². The van der Waals surface area contributed by atoms with Crippen molar-refractivity contribution in [2.45, 2.75) is 35.0 Å². The molecule has 0 saturated carbocycles. The summed E-state index contributed by atoms with van der Waals surface area (Å²) in [6.07, 6.45) is 0. The lowest BCUT2D eigenvalue weighted by molar-refractivity contribution is 0.219. The van der Waals surface area contributed by atoms with Gasteiger partial charge in [-0.2, -0.15) is 8.61 Å². The highest BCUT2D eigenvalue weighted by Gasteiger charge is 2.50. The van der Waals surface area contributed by atoms with Crippen LogP contribution in [0.1, 0.15) is 11.1 Å². The van der Waals surface area contributed by atoms with Gasteiger partial charge in [0.05, 0.1) is 47.6 Å². The van der Waals surface area contributed by atoms with Gasteiger partial charge in [0.25, 0.3) is 0 Å². The summed E-state index contributed by atoms with van der Waals surface area (Å²) in [5.74, 6) is -0.207. The standard InChI is InChI=1S/C32H34N2O8S3/c1-41-27-13-17-29(18-14-27)44(37,38)33(21-25-9-5-3-6-10-25)31-23-43(35,36)24-32(31)34(22-26-11-7-4-8-12-26)45(39,40)30-19-15-28(42-2)16-20-30/h3-20,31-32H,21-24H2,1-2H3/t31-,32-/m1/s1. The highest BCUT2D eigenvalue weighted by Crippen LogP contribution is 2.34. The Balaban J connectivity index is 1.66. The summed E-state index contributed by atoms with van der Waals surface area (Å²) < 4.78 is 96.8. The van der Waals surface area contributed by atoms with E-state index in [2.05, 4.69) is 0 Å². The van der Waals surface area contributed by atoms with Crippen molar-refractivity contribution < 1.29 is 34.7 Å². The largest absolute Gasteiger partial charge is 0.497 e. The van der Waals surface area contributed by atoms with Gasteiger partial charge < -0.3 is 9.47 Å². The highest BCUT2D eigenvalue weighted by molar-refractivity contribution is 7.92. The molecular formula is C32H34N2O8S3. The summed E-state index contributed by atoms with van der Waals surface area (Å²) in [6.45, 7) is -0.346. The van der Waals surface area contributed by atoms with Crippen molar-refractivity contribution >= 4 is 29.9 Å². The number of rotatable bonds is 12. The highest BCUT2D eigenvalue weighted by atomic mass is 32.2. The van der Waals surface area contributed by atoms with Gasteiger partial charge in [0.15, 0.2) is 9.84 Å². The van der Waals surface area contributed by atoms with Crippen LogP contribution in [0.15, 0.2) is 119 Å². The molecule has 4 aromatic carbocycles. The summed E-state index contributed by atoms with van der Waals surface area (Å²) in [6, 6.07) is 26.7. The molecule has 0 amide bonds. The lowest BCUT2D eigenvalue weighted by atomic mass is 10.1. The first-order valence-electron chi connectivity index (χ1n) is 14.0. The molecule has 0 radical (unpaired) electrons. The molecule has 0 unspecified atom stereocenters. The zero-order chi connectivity index (χ0) is 32.2. The minimum Gasteiger partial charge on any atom is -0.497 e. The Morgan fingerprint density at radius 3 is 1.22 bits per heavy atom. The van der Waals surface area contributed by atoms with Gasteiger partial charge in [-0.1, -0.05) is 60.7 Å². The molecule has 0 N–H and O–H groups in total. The number of methoxy groups -OCH3 is 2. The minimum atomic E-state index is -4.34. The van der Waals surface area contributed by atoms with E-state index >= 15 is 0 Å². The number of benzene rings is 4. The number of hydrogen-bond donors (Lipinski definition) is 0. The summed E-state index contributed by atoms with van der Waals surface area (Å²) in [5, 5.41) is 0. The van der Waals surface area contributed by atoms with E-state index in [1.165, 1.54) is 62.8 Å². The minimum absolute atomic E-state index is 0.0742. The molecule has 13 heteroatoms. The zero-order valence-corrected chi connectivity index (χ0v) is 27.2. The van der Waals surface area contributed by atoms with E-state index in [0.29, 0.717) is 22.6 Å². The summed E-state index contributed by atoms with van der Waals surface area (Å²) in [5.41, 5.74) is 1.23. The third-order valence-corrected chi connectivity index (χ3v) is 13.2. The fourth-order valence-corrected chi connectivity index (χ4v) is 10.9. The topological polar surface area (TPSA) is 127 Å². The molecule has 0 aromatic heterocycles. The van der Waals surface area contributed by atoms with Crippen molar-refractivity contribution in [3.63, 3.8) is 0 Å². The maximum atomic E-state index is 14.4. The lowest BCUT2D eigenvalue weighted by Crippen LogP contribution is -2.54. The number of sulfonamides is 2. The number of ether oxygens (including phenoxy) is 2. The van der Waals surface area contributed by atoms with Crippen LogP contribution in [0.3, 0.4) is 0 Å². The van der Waals surface area contributed by atoms with Crippen molar-refractivity contribution in [3.05, 3.63) is 120 Å². The molecule has 1 aliphatic rings. The number of nitrogens with zero attached hydrogens (tertiary/aromatic N) is 2. The Kier molecular flexibility index (Phi) is 9.65. The third kappa shape index (κ3) is 7.23. The first-order chi connectivity index (χ1) is 21.4. The second kappa shape index (κ2) is 13.3. The normalized spacial score (nSPS) is 18.2. The van der Waals surface area contributed by atoms with Crippen LogP contribution in [0, 0.1) is 0 Å². The average molecular weight is 671 g/mol. The van der Waals surface area contributed by atoms with Crippen molar-refractivity contribution in [1.29, 1.82) is 0 Å². The van der Waals surface area contributed by atoms with E-state index in [9.17, 15) is 25.3 Å². The van der Waals surface area contributed by atoms with Crippen LogP contribution in [0.2, 0.25) is 0 Å². The van der Waals surface area contributed by atoms with Crippen LogP contribution in [0.25, 0.3) is 0 Å². The molecule has 0 bridgehead atoms. The molecular weight excluding hydrogens is 637 g/mol. The van der Waals surface area contributed by atoms with Crippen LogP contribution in [-0.2, 0) is 43.0 Å². The maximum absolute atomic E-state index is 14.4. The smallest absolute Gasteiger partial charge is 0.243 e. The molecule has 0 aliphatic carbocycles. The molecule has 0 spiro atoms. The van der Waals surface area contributed by atoms with Gasteiger partial charge >= 0.3 is 0 Å². The first kappa shape index (κ1) is 32.6.